The molecule has 9 heteroatoms. The Morgan fingerprint density at radius 2 is 2.00 bits per heavy atom. The number of amides is 1. The van der Waals surface area contributed by atoms with Gasteiger partial charge in [0.15, 0.2) is 0 Å². The molecule has 0 bridgehead atoms. The second-order valence-corrected chi connectivity index (χ2v) is 7.57. The van der Waals surface area contributed by atoms with Gasteiger partial charge in [-0.3, -0.25) is 4.79 Å². The SMILES string of the molecule is COCCNS(=O)(=O)c1ccc(C(=O)N2CCCCC2CN)cc1.Cl. The molecule has 0 aromatic heterocycles. The number of hydrogen-bond donors (Lipinski definition) is 2. The maximum atomic E-state index is 12.6. The first-order valence-electron chi connectivity index (χ1n) is 8.09. The van der Waals surface area contributed by atoms with Gasteiger partial charge in [-0.05, 0) is 43.5 Å². The van der Waals surface area contributed by atoms with Crippen molar-refractivity contribution in [3.05, 3.63) is 29.8 Å². The average Bonchev–Trinajstić information content (AvgIpc) is 2.61. The monoisotopic (exact) mass is 391 g/mol. The van der Waals surface area contributed by atoms with Crippen molar-refractivity contribution in [1.29, 1.82) is 0 Å². The molecule has 1 aliphatic rings. The van der Waals surface area contributed by atoms with Crippen LogP contribution >= 0.6 is 12.4 Å². The fourth-order valence-corrected chi connectivity index (χ4v) is 3.83. The number of nitrogens with zero attached hydrogens (tertiary/aromatic N) is 1. The summed E-state index contributed by atoms with van der Waals surface area (Å²) < 4.78 is 31.5. The zero-order valence-electron chi connectivity index (χ0n) is 14.3. The first-order chi connectivity index (χ1) is 11.5. The van der Waals surface area contributed by atoms with Gasteiger partial charge in [-0.1, -0.05) is 0 Å². The molecular formula is C16H26ClN3O4S. The zero-order valence-corrected chi connectivity index (χ0v) is 15.9. The van der Waals surface area contributed by atoms with Crippen LogP contribution in [0.3, 0.4) is 0 Å². The Morgan fingerprint density at radius 1 is 1.32 bits per heavy atom. The minimum absolute atomic E-state index is 0. The molecule has 0 radical (unpaired) electrons. The van der Waals surface area contributed by atoms with Gasteiger partial charge < -0.3 is 15.4 Å². The molecule has 1 aliphatic heterocycles. The van der Waals surface area contributed by atoms with Crippen molar-refractivity contribution in [2.75, 3.05) is 33.4 Å². The van der Waals surface area contributed by atoms with Crippen LogP contribution in [-0.4, -0.2) is 58.6 Å². The lowest BCUT2D eigenvalue weighted by atomic mass is 10.0. The molecule has 3 N–H and O–H groups in total. The third kappa shape index (κ3) is 5.65. The number of piperidine rings is 1. The molecule has 0 saturated carbocycles. The van der Waals surface area contributed by atoms with Crippen molar-refractivity contribution in [1.82, 2.24) is 9.62 Å². The number of hydrogen-bond acceptors (Lipinski definition) is 5. The molecule has 7 nitrogen and oxygen atoms in total. The van der Waals surface area contributed by atoms with E-state index in [1.807, 2.05) is 0 Å². The Kier molecular flexibility index (Phi) is 8.81. The summed E-state index contributed by atoms with van der Waals surface area (Å²) in [6.07, 6.45) is 2.96. The van der Waals surface area contributed by atoms with Crippen LogP contribution in [0, 0.1) is 0 Å². The van der Waals surface area contributed by atoms with Gasteiger partial charge in [-0.2, -0.15) is 0 Å². The molecule has 0 aliphatic carbocycles. The molecule has 1 atom stereocenters. The van der Waals surface area contributed by atoms with Gasteiger partial charge in [0.05, 0.1) is 11.5 Å². The summed E-state index contributed by atoms with van der Waals surface area (Å²) in [4.78, 5) is 14.6. The summed E-state index contributed by atoms with van der Waals surface area (Å²) in [6.45, 7) is 1.64. The van der Waals surface area contributed by atoms with Crippen molar-refractivity contribution in [3.8, 4) is 0 Å². The van der Waals surface area contributed by atoms with E-state index in [1.54, 1.807) is 17.0 Å². The van der Waals surface area contributed by atoms with E-state index in [0.717, 1.165) is 19.3 Å². The van der Waals surface area contributed by atoms with Crippen molar-refractivity contribution in [2.45, 2.75) is 30.2 Å². The first-order valence-corrected chi connectivity index (χ1v) is 9.57. The summed E-state index contributed by atoms with van der Waals surface area (Å²) in [6, 6.07) is 6.06. The highest BCUT2D eigenvalue weighted by molar-refractivity contribution is 7.89. The summed E-state index contributed by atoms with van der Waals surface area (Å²) in [5.41, 5.74) is 6.23. The normalized spacial score (nSPS) is 17.8. The van der Waals surface area contributed by atoms with Gasteiger partial charge >= 0.3 is 0 Å². The van der Waals surface area contributed by atoms with E-state index < -0.39 is 10.0 Å². The minimum atomic E-state index is -3.59. The van der Waals surface area contributed by atoms with Crippen LogP contribution in [0.1, 0.15) is 29.6 Å². The van der Waals surface area contributed by atoms with Crippen LogP contribution in [0.15, 0.2) is 29.2 Å². The van der Waals surface area contributed by atoms with E-state index >= 15 is 0 Å². The molecule has 1 saturated heterocycles. The highest BCUT2D eigenvalue weighted by atomic mass is 35.5. The highest BCUT2D eigenvalue weighted by Gasteiger charge is 2.26. The molecule has 2 rings (SSSR count). The molecule has 1 amide bonds. The molecular weight excluding hydrogens is 366 g/mol. The minimum Gasteiger partial charge on any atom is -0.383 e. The molecule has 1 heterocycles. The third-order valence-electron chi connectivity index (χ3n) is 4.17. The molecule has 1 fully saturated rings. The van der Waals surface area contributed by atoms with Gasteiger partial charge in [0.25, 0.3) is 5.91 Å². The number of methoxy groups -OCH3 is 1. The maximum absolute atomic E-state index is 12.6. The summed E-state index contributed by atoms with van der Waals surface area (Å²) >= 11 is 0. The standard InChI is InChI=1S/C16H25N3O4S.ClH/c1-23-11-9-18-24(21,22)15-7-5-13(6-8-15)16(20)19-10-3-2-4-14(19)12-17;/h5-8,14,18H,2-4,9-12,17H2,1H3;1H. The molecule has 1 aromatic carbocycles. The van der Waals surface area contributed by atoms with Crippen molar-refractivity contribution >= 4 is 28.3 Å². The lowest BCUT2D eigenvalue weighted by Gasteiger charge is -2.35. The smallest absolute Gasteiger partial charge is 0.254 e. The van der Waals surface area contributed by atoms with Crippen LogP contribution in [-0.2, 0) is 14.8 Å². The Hall–Kier alpha value is -1.19. The molecule has 142 valence electrons. The van der Waals surface area contributed by atoms with Crippen LogP contribution < -0.4 is 10.5 Å². The number of likely N-dealkylation sites (tertiary alicyclic amines) is 1. The van der Waals surface area contributed by atoms with E-state index in [2.05, 4.69) is 4.72 Å². The Morgan fingerprint density at radius 3 is 2.60 bits per heavy atom. The Balaban J connectivity index is 0.00000312. The lowest BCUT2D eigenvalue weighted by Crippen LogP contribution is -2.47. The summed E-state index contributed by atoms with van der Waals surface area (Å²) in [5, 5.41) is 0. The Labute approximate surface area is 155 Å². The maximum Gasteiger partial charge on any atom is 0.254 e. The Bertz CT molecular complexity index is 652. The third-order valence-corrected chi connectivity index (χ3v) is 5.65. The summed E-state index contributed by atoms with van der Waals surface area (Å²) in [7, 11) is -2.09. The van der Waals surface area contributed by atoms with E-state index in [4.69, 9.17) is 10.5 Å². The predicted octanol–water partition coefficient (Wildman–Crippen LogP) is 0.986. The fraction of sp³-hybridized carbons (Fsp3) is 0.562. The number of nitrogens with one attached hydrogen (secondary N) is 1. The summed E-state index contributed by atoms with van der Waals surface area (Å²) in [5.74, 6) is -0.0959. The lowest BCUT2D eigenvalue weighted by molar-refractivity contribution is 0.0623. The topological polar surface area (TPSA) is 102 Å². The first kappa shape index (κ1) is 21.9. The van der Waals surface area contributed by atoms with Crippen molar-refractivity contribution in [2.24, 2.45) is 5.73 Å². The fourth-order valence-electron chi connectivity index (χ4n) is 2.82. The van der Waals surface area contributed by atoms with Gasteiger partial charge in [0, 0.05) is 38.3 Å². The molecule has 1 unspecified atom stereocenters. The van der Waals surface area contributed by atoms with Gasteiger partial charge in [0.2, 0.25) is 10.0 Å². The largest absolute Gasteiger partial charge is 0.383 e. The number of ether oxygens (including phenoxy) is 1. The quantitative estimate of drug-likeness (QED) is 0.675. The van der Waals surface area contributed by atoms with Crippen molar-refractivity contribution < 1.29 is 17.9 Å². The average molecular weight is 392 g/mol. The number of benzene rings is 1. The van der Waals surface area contributed by atoms with Gasteiger partial charge in [-0.25, -0.2) is 13.1 Å². The number of rotatable bonds is 7. The number of halogens is 1. The van der Waals surface area contributed by atoms with E-state index in [-0.39, 0.29) is 35.8 Å². The van der Waals surface area contributed by atoms with Gasteiger partial charge in [-0.15, -0.1) is 12.4 Å². The zero-order chi connectivity index (χ0) is 17.6. The van der Waals surface area contributed by atoms with Crippen LogP contribution in [0.4, 0.5) is 0 Å². The van der Waals surface area contributed by atoms with Crippen LogP contribution in [0.5, 0.6) is 0 Å². The predicted molar refractivity (Wildman–Crippen MR) is 98.5 cm³/mol. The number of nitrogens with two attached hydrogens (primary N) is 1. The number of carbonyl (C=O) groups excluding carboxylic acids is 1. The molecule has 1 aromatic rings. The van der Waals surface area contributed by atoms with E-state index in [9.17, 15) is 13.2 Å². The van der Waals surface area contributed by atoms with Crippen LogP contribution in [0.25, 0.3) is 0 Å². The second kappa shape index (κ2) is 10.1. The molecule has 0 spiro atoms. The van der Waals surface area contributed by atoms with E-state index in [1.165, 1.54) is 19.2 Å². The molecule has 25 heavy (non-hydrogen) atoms. The second-order valence-electron chi connectivity index (χ2n) is 5.80. The number of sulfonamides is 1. The number of carbonyl (C=O) groups is 1. The van der Waals surface area contributed by atoms with Crippen molar-refractivity contribution in [3.63, 3.8) is 0 Å². The van der Waals surface area contributed by atoms with Crippen LogP contribution in [0.2, 0.25) is 0 Å². The highest BCUT2D eigenvalue weighted by Crippen LogP contribution is 2.20. The van der Waals surface area contributed by atoms with E-state index in [0.29, 0.717) is 25.3 Å². The van der Waals surface area contributed by atoms with Gasteiger partial charge in [0.1, 0.15) is 0 Å².